The van der Waals surface area contributed by atoms with Crippen molar-refractivity contribution in [3.05, 3.63) is 59.9 Å². The van der Waals surface area contributed by atoms with Crippen LogP contribution in [0.25, 0.3) is 5.76 Å². The van der Waals surface area contributed by atoms with E-state index in [1.54, 1.807) is 30.3 Å². The lowest BCUT2D eigenvalue weighted by Gasteiger charge is -2.12. The molecule has 0 fully saturated rings. The number of aliphatic carboxylic acids is 1. The summed E-state index contributed by atoms with van der Waals surface area (Å²) < 4.78 is 15.2. The van der Waals surface area contributed by atoms with Crippen molar-refractivity contribution in [2.24, 2.45) is 0 Å². The first kappa shape index (κ1) is 14.4. The van der Waals surface area contributed by atoms with Crippen molar-refractivity contribution in [1.82, 2.24) is 9.78 Å². The largest absolute Gasteiger partial charge is 0.506 e. The molecule has 6 nitrogen and oxygen atoms in total. The van der Waals surface area contributed by atoms with Crippen molar-refractivity contribution < 1.29 is 24.2 Å². The zero-order valence-electron chi connectivity index (χ0n) is 10.7. The fraction of sp³-hybridized carbons (Fsp3) is 0.0714. The van der Waals surface area contributed by atoms with Gasteiger partial charge in [-0.05, 0) is 6.07 Å². The zero-order chi connectivity index (χ0) is 15.4. The maximum Gasteiger partial charge on any atom is 0.376 e. The number of alkyl halides is 1. The van der Waals surface area contributed by atoms with Crippen molar-refractivity contribution in [2.45, 2.75) is 6.30 Å². The van der Waals surface area contributed by atoms with Crippen LogP contribution in [0.4, 0.5) is 4.39 Å². The Bertz CT molecular complexity index is 694. The number of halogens is 1. The molecule has 0 saturated heterocycles. The number of carboxylic acid groups (broad SMARTS) is 1. The van der Waals surface area contributed by atoms with Crippen molar-refractivity contribution in [3.63, 3.8) is 0 Å². The molecule has 0 aliphatic heterocycles. The second kappa shape index (κ2) is 6.00. The second-order valence-electron chi connectivity index (χ2n) is 4.11. The minimum atomic E-state index is -1.72. The molecule has 1 heterocycles. The van der Waals surface area contributed by atoms with Gasteiger partial charge in [-0.2, -0.15) is 5.10 Å². The van der Waals surface area contributed by atoms with Gasteiger partial charge in [0.2, 0.25) is 6.30 Å². The van der Waals surface area contributed by atoms with Crippen LogP contribution < -0.4 is 0 Å². The van der Waals surface area contributed by atoms with Gasteiger partial charge in [-0.15, -0.1) is 0 Å². The summed E-state index contributed by atoms with van der Waals surface area (Å²) in [5.74, 6) is -3.69. The number of nitrogens with zero attached hydrogens (tertiary/aromatic N) is 2. The fourth-order valence-electron chi connectivity index (χ4n) is 1.71. The van der Waals surface area contributed by atoms with E-state index in [0.717, 1.165) is 4.68 Å². The van der Waals surface area contributed by atoms with E-state index in [1.165, 1.54) is 12.3 Å². The molecule has 2 N–H and O–H groups in total. The molecule has 2 aromatic rings. The van der Waals surface area contributed by atoms with Crippen LogP contribution in [-0.4, -0.2) is 31.7 Å². The molecule has 1 unspecified atom stereocenters. The van der Waals surface area contributed by atoms with Crippen LogP contribution in [0.3, 0.4) is 0 Å². The first-order valence-corrected chi connectivity index (χ1v) is 5.91. The number of carbonyl (C=O) groups is 2. The Balaban J connectivity index is 2.35. The standard InChI is InChI=1S/C14H11FN2O4/c15-13(9-4-2-1-3-5-9)17-10(6-7-16-17)11(18)8-12(19)14(20)21/h1-8,13,18H,(H,20,21). The van der Waals surface area contributed by atoms with Gasteiger partial charge in [-0.3, -0.25) is 4.79 Å². The molecule has 0 amide bonds. The van der Waals surface area contributed by atoms with Crippen LogP contribution in [0.15, 0.2) is 48.7 Å². The number of aliphatic hydroxyl groups excluding tert-OH is 1. The molecule has 0 aliphatic carbocycles. The minimum Gasteiger partial charge on any atom is -0.506 e. The summed E-state index contributed by atoms with van der Waals surface area (Å²) in [4.78, 5) is 21.5. The Morgan fingerprint density at radius 3 is 2.48 bits per heavy atom. The summed E-state index contributed by atoms with van der Waals surface area (Å²) in [7, 11) is 0. The summed E-state index contributed by atoms with van der Waals surface area (Å²) in [6.45, 7) is 0. The Morgan fingerprint density at radius 1 is 1.19 bits per heavy atom. The predicted molar refractivity (Wildman–Crippen MR) is 71.2 cm³/mol. The van der Waals surface area contributed by atoms with E-state index in [9.17, 15) is 19.1 Å². The van der Waals surface area contributed by atoms with E-state index in [1.807, 2.05) is 0 Å². The van der Waals surface area contributed by atoms with Crippen molar-refractivity contribution in [1.29, 1.82) is 0 Å². The summed E-state index contributed by atoms with van der Waals surface area (Å²) >= 11 is 0. The van der Waals surface area contributed by atoms with Gasteiger partial charge in [-0.1, -0.05) is 30.3 Å². The number of ketones is 1. The molecule has 0 bridgehead atoms. The molecule has 1 atom stereocenters. The van der Waals surface area contributed by atoms with Crippen molar-refractivity contribution >= 4 is 17.5 Å². The zero-order valence-corrected chi connectivity index (χ0v) is 10.7. The molecule has 1 aromatic heterocycles. The fourth-order valence-corrected chi connectivity index (χ4v) is 1.71. The Hall–Kier alpha value is -2.96. The number of carboxylic acids is 1. The maximum absolute atomic E-state index is 14.4. The highest BCUT2D eigenvalue weighted by molar-refractivity contribution is 6.38. The maximum atomic E-state index is 14.4. The molecular formula is C14H11FN2O4. The molecule has 0 spiro atoms. The molecule has 0 aliphatic rings. The number of rotatable bonds is 5. The van der Waals surface area contributed by atoms with Gasteiger partial charge in [0, 0.05) is 17.8 Å². The van der Waals surface area contributed by atoms with Crippen LogP contribution in [-0.2, 0) is 9.59 Å². The van der Waals surface area contributed by atoms with Gasteiger partial charge >= 0.3 is 5.97 Å². The first-order chi connectivity index (χ1) is 10.0. The molecule has 21 heavy (non-hydrogen) atoms. The molecule has 2 rings (SSSR count). The third kappa shape index (κ3) is 3.14. The molecule has 108 valence electrons. The number of hydrogen-bond donors (Lipinski definition) is 2. The minimum absolute atomic E-state index is 0.0963. The Labute approximate surface area is 118 Å². The van der Waals surface area contributed by atoms with E-state index in [-0.39, 0.29) is 5.69 Å². The van der Waals surface area contributed by atoms with Gasteiger partial charge in [0.1, 0.15) is 11.5 Å². The number of benzene rings is 1. The second-order valence-corrected chi connectivity index (χ2v) is 4.11. The molecule has 7 heteroatoms. The highest BCUT2D eigenvalue weighted by Gasteiger charge is 2.19. The summed E-state index contributed by atoms with van der Waals surface area (Å²) in [5, 5.41) is 22.0. The number of aliphatic hydroxyl groups is 1. The Kier molecular flexibility index (Phi) is 4.13. The number of carbonyl (C=O) groups excluding carboxylic acids is 1. The van der Waals surface area contributed by atoms with Gasteiger partial charge < -0.3 is 10.2 Å². The quantitative estimate of drug-likeness (QED) is 0.499. The number of hydrogen-bond acceptors (Lipinski definition) is 4. The highest BCUT2D eigenvalue weighted by Crippen LogP contribution is 2.23. The predicted octanol–water partition coefficient (Wildman–Crippen LogP) is 1.95. The van der Waals surface area contributed by atoms with Crippen LogP contribution >= 0.6 is 0 Å². The molecule has 0 radical (unpaired) electrons. The summed E-state index contributed by atoms with van der Waals surface area (Å²) in [6, 6.07) is 9.38. The van der Waals surface area contributed by atoms with Crippen LogP contribution in [0.1, 0.15) is 17.6 Å². The van der Waals surface area contributed by atoms with E-state index in [0.29, 0.717) is 11.6 Å². The van der Waals surface area contributed by atoms with E-state index >= 15 is 0 Å². The van der Waals surface area contributed by atoms with Gasteiger partial charge in [0.15, 0.2) is 0 Å². The summed E-state index contributed by atoms with van der Waals surface area (Å²) in [6.07, 6.45) is 0.0694. The van der Waals surface area contributed by atoms with Gasteiger partial charge in [0.05, 0.1) is 0 Å². The Morgan fingerprint density at radius 2 is 1.86 bits per heavy atom. The monoisotopic (exact) mass is 290 g/mol. The lowest BCUT2D eigenvalue weighted by molar-refractivity contribution is -0.146. The van der Waals surface area contributed by atoms with E-state index in [2.05, 4.69) is 5.10 Å². The molecular weight excluding hydrogens is 279 g/mol. The van der Waals surface area contributed by atoms with Crippen molar-refractivity contribution in [2.75, 3.05) is 0 Å². The third-order valence-electron chi connectivity index (χ3n) is 2.70. The van der Waals surface area contributed by atoms with Crippen LogP contribution in [0.5, 0.6) is 0 Å². The SMILES string of the molecule is O=C(O)C(=O)C=C(O)c1ccnn1C(F)c1ccccc1. The highest BCUT2D eigenvalue weighted by atomic mass is 19.1. The van der Waals surface area contributed by atoms with Gasteiger partial charge in [0.25, 0.3) is 5.78 Å². The third-order valence-corrected chi connectivity index (χ3v) is 2.70. The van der Waals surface area contributed by atoms with Crippen LogP contribution in [0, 0.1) is 0 Å². The van der Waals surface area contributed by atoms with E-state index in [4.69, 9.17) is 5.11 Å². The smallest absolute Gasteiger partial charge is 0.376 e. The first-order valence-electron chi connectivity index (χ1n) is 5.91. The van der Waals surface area contributed by atoms with Crippen molar-refractivity contribution in [3.8, 4) is 0 Å². The lowest BCUT2D eigenvalue weighted by atomic mass is 10.2. The average Bonchev–Trinajstić information content (AvgIpc) is 2.96. The van der Waals surface area contributed by atoms with Gasteiger partial charge in [-0.25, -0.2) is 13.9 Å². The lowest BCUT2D eigenvalue weighted by Crippen LogP contribution is -2.13. The van der Waals surface area contributed by atoms with E-state index < -0.39 is 23.8 Å². The molecule has 1 aromatic carbocycles. The summed E-state index contributed by atoms with van der Waals surface area (Å²) in [5.41, 5.74) is 0.209. The number of aromatic nitrogens is 2. The van der Waals surface area contributed by atoms with Crippen LogP contribution in [0.2, 0.25) is 0 Å². The average molecular weight is 290 g/mol. The topological polar surface area (TPSA) is 92.4 Å². The normalized spacial score (nSPS) is 12.9. The molecule has 0 saturated carbocycles.